The lowest BCUT2D eigenvalue weighted by atomic mass is 9.94. The average molecular weight is 554 g/mol. The smallest absolute Gasteiger partial charge is 0.160 e. The second-order valence-electron chi connectivity index (χ2n) is 10.7. The summed E-state index contributed by atoms with van der Waals surface area (Å²) in [6.07, 6.45) is 10.9. The van der Waals surface area contributed by atoms with Gasteiger partial charge in [0.15, 0.2) is 11.5 Å². The lowest BCUT2D eigenvalue weighted by Crippen LogP contribution is -2.07. The molecule has 3 heteroatoms. The molecule has 0 bridgehead atoms. The summed E-state index contributed by atoms with van der Waals surface area (Å²) in [5, 5.41) is 10.0. The van der Waals surface area contributed by atoms with E-state index >= 15 is 0 Å². The van der Waals surface area contributed by atoms with E-state index in [4.69, 9.17) is 9.72 Å². The molecule has 5 aromatic rings. The molecule has 0 aliphatic carbocycles. The van der Waals surface area contributed by atoms with Crippen molar-refractivity contribution in [3.63, 3.8) is 0 Å². The lowest BCUT2D eigenvalue weighted by molar-refractivity contribution is 0.373. The van der Waals surface area contributed by atoms with Crippen molar-refractivity contribution in [2.75, 3.05) is 7.11 Å². The minimum atomic E-state index is 0.159. The number of aromatic nitrogens is 1. The first-order valence-electron chi connectivity index (χ1n) is 14.8. The predicted octanol–water partition coefficient (Wildman–Crippen LogP) is 8.41. The SMILES string of the molecule is COc1cc(CC=Cc2c(CCc3ccccc3)cc(CCc3ccccc3)nc2CCc2ccccc2)ccc1O. The van der Waals surface area contributed by atoms with Crippen molar-refractivity contribution in [2.24, 2.45) is 0 Å². The highest BCUT2D eigenvalue weighted by molar-refractivity contribution is 5.58. The second-order valence-corrected chi connectivity index (χ2v) is 10.7. The molecule has 0 fully saturated rings. The fourth-order valence-corrected chi connectivity index (χ4v) is 5.37. The lowest BCUT2D eigenvalue weighted by Gasteiger charge is -2.15. The number of rotatable bonds is 13. The summed E-state index contributed by atoms with van der Waals surface area (Å²) in [4.78, 5) is 5.28. The molecule has 0 amide bonds. The monoisotopic (exact) mass is 553 g/mol. The van der Waals surface area contributed by atoms with Crippen LogP contribution < -0.4 is 4.74 Å². The van der Waals surface area contributed by atoms with Crippen molar-refractivity contribution in [3.8, 4) is 11.5 Å². The van der Waals surface area contributed by atoms with Gasteiger partial charge in [0.2, 0.25) is 0 Å². The number of aryl methyl sites for hydroxylation is 6. The second kappa shape index (κ2) is 14.8. The summed E-state index contributed by atoms with van der Waals surface area (Å²) in [5.74, 6) is 0.657. The highest BCUT2D eigenvalue weighted by Gasteiger charge is 2.13. The number of hydrogen-bond acceptors (Lipinski definition) is 3. The van der Waals surface area contributed by atoms with Crippen LogP contribution in [0.25, 0.3) is 6.08 Å². The van der Waals surface area contributed by atoms with Crippen LogP contribution in [-0.4, -0.2) is 17.2 Å². The quantitative estimate of drug-likeness (QED) is 0.159. The summed E-state index contributed by atoms with van der Waals surface area (Å²) in [5.41, 5.74) is 9.99. The van der Waals surface area contributed by atoms with Crippen molar-refractivity contribution in [1.29, 1.82) is 0 Å². The minimum absolute atomic E-state index is 0.159. The number of nitrogens with zero attached hydrogens (tertiary/aromatic N) is 1. The first-order chi connectivity index (χ1) is 20.7. The van der Waals surface area contributed by atoms with Crippen molar-refractivity contribution >= 4 is 6.08 Å². The van der Waals surface area contributed by atoms with Gasteiger partial charge in [0.25, 0.3) is 0 Å². The normalized spacial score (nSPS) is 11.2. The van der Waals surface area contributed by atoms with Gasteiger partial charge in [-0.15, -0.1) is 0 Å². The van der Waals surface area contributed by atoms with E-state index < -0.39 is 0 Å². The third-order valence-electron chi connectivity index (χ3n) is 7.69. The fraction of sp³-hybridized carbons (Fsp3) is 0.205. The summed E-state index contributed by atoms with van der Waals surface area (Å²) < 4.78 is 5.32. The molecule has 1 N–H and O–H groups in total. The maximum atomic E-state index is 10.0. The van der Waals surface area contributed by atoms with E-state index in [1.54, 1.807) is 13.2 Å². The van der Waals surface area contributed by atoms with E-state index in [-0.39, 0.29) is 5.75 Å². The van der Waals surface area contributed by atoms with E-state index in [2.05, 4.69) is 109 Å². The van der Waals surface area contributed by atoms with Gasteiger partial charge in [0.05, 0.1) is 7.11 Å². The van der Waals surface area contributed by atoms with Gasteiger partial charge < -0.3 is 9.84 Å². The Bertz CT molecular complexity index is 1510. The van der Waals surface area contributed by atoms with E-state index in [1.165, 1.54) is 27.8 Å². The Kier molecular flexibility index (Phi) is 10.2. The number of phenolic OH excluding ortho intramolecular Hbond substituents is 1. The van der Waals surface area contributed by atoms with E-state index in [9.17, 15) is 5.11 Å². The third-order valence-corrected chi connectivity index (χ3v) is 7.69. The van der Waals surface area contributed by atoms with Gasteiger partial charge in [0.1, 0.15) is 0 Å². The van der Waals surface area contributed by atoms with Gasteiger partial charge in [-0.2, -0.15) is 0 Å². The Morgan fingerprint density at radius 3 is 1.79 bits per heavy atom. The Hall–Kier alpha value is -4.63. The predicted molar refractivity (Wildman–Crippen MR) is 173 cm³/mol. The van der Waals surface area contributed by atoms with Crippen molar-refractivity contribution in [3.05, 3.63) is 166 Å². The summed E-state index contributed by atoms with van der Waals surface area (Å²) in [7, 11) is 1.58. The molecule has 0 spiro atoms. The number of ether oxygens (including phenoxy) is 1. The molecule has 42 heavy (non-hydrogen) atoms. The largest absolute Gasteiger partial charge is 0.504 e. The zero-order chi connectivity index (χ0) is 29.0. The number of methoxy groups -OCH3 is 1. The number of benzene rings is 4. The van der Waals surface area contributed by atoms with Gasteiger partial charge in [-0.3, -0.25) is 4.98 Å². The first kappa shape index (κ1) is 28.9. The van der Waals surface area contributed by atoms with Crippen molar-refractivity contribution < 1.29 is 9.84 Å². The summed E-state index contributed by atoms with van der Waals surface area (Å²) in [6, 6.07) is 40.0. The molecular formula is C39H39NO2. The Morgan fingerprint density at radius 2 is 1.19 bits per heavy atom. The molecule has 0 aliphatic rings. The van der Waals surface area contributed by atoms with Crippen LogP contribution >= 0.6 is 0 Å². The topological polar surface area (TPSA) is 42.4 Å². The van der Waals surface area contributed by atoms with E-state index in [1.807, 2.05) is 12.1 Å². The molecule has 0 radical (unpaired) electrons. The highest BCUT2D eigenvalue weighted by Crippen LogP contribution is 2.27. The molecular weight excluding hydrogens is 514 g/mol. The number of phenols is 1. The molecule has 212 valence electrons. The van der Waals surface area contributed by atoms with Crippen LogP contribution in [0.3, 0.4) is 0 Å². The standard InChI is InChI=1S/C39H39NO2/c1-42-39-28-33(23-27-38(39)41)18-11-19-36-34(24-20-30-12-5-2-6-13-30)29-35(25-21-31-14-7-3-8-15-31)40-37(36)26-22-32-16-9-4-10-17-32/h2-17,19,23,27-29,41H,18,20-22,24-26H2,1H3. The summed E-state index contributed by atoms with van der Waals surface area (Å²) in [6.45, 7) is 0. The molecule has 5 rings (SSSR count). The Labute approximate surface area is 250 Å². The van der Waals surface area contributed by atoms with Gasteiger partial charge in [-0.25, -0.2) is 0 Å². The number of hydrogen-bond donors (Lipinski definition) is 1. The molecule has 0 saturated carbocycles. The molecule has 3 nitrogen and oxygen atoms in total. The third kappa shape index (κ3) is 8.20. The van der Waals surface area contributed by atoms with Crippen LogP contribution in [0.2, 0.25) is 0 Å². The van der Waals surface area contributed by atoms with Crippen LogP contribution in [0.5, 0.6) is 11.5 Å². The maximum Gasteiger partial charge on any atom is 0.160 e. The van der Waals surface area contributed by atoms with Crippen molar-refractivity contribution in [2.45, 2.75) is 44.9 Å². The molecule has 0 atom stereocenters. The maximum absolute atomic E-state index is 10.0. The van der Waals surface area contributed by atoms with Crippen LogP contribution in [0.15, 0.2) is 121 Å². The molecule has 1 heterocycles. The van der Waals surface area contributed by atoms with Crippen molar-refractivity contribution in [1.82, 2.24) is 4.98 Å². The van der Waals surface area contributed by atoms with E-state index in [0.29, 0.717) is 5.75 Å². The van der Waals surface area contributed by atoms with Gasteiger partial charge in [-0.05, 0) is 96.5 Å². The highest BCUT2D eigenvalue weighted by atomic mass is 16.5. The number of pyridine rings is 1. The molecule has 1 aromatic heterocycles. The molecule has 0 saturated heterocycles. The molecule has 4 aromatic carbocycles. The van der Waals surface area contributed by atoms with Crippen LogP contribution in [0, 0.1) is 0 Å². The van der Waals surface area contributed by atoms with Gasteiger partial charge in [0, 0.05) is 11.4 Å². The van der Waals surface area contributed by atoms with Crippen LogP contribution in [0.4, 0.5) is 0 Å². The zero-order valence-electron chi connectivity index (χ0n) is 24.4. The van der Waals surface area contributed by atoms with Gasteiger partial charge >= 0.3 is 0 Å². The van der Waals surface area contributed by atoms with E-state index in [0.717, 1.165) is 61.9 Å². The number of aromatic hydroxyl groups is 1. The first-order valence-corrected chi connectivity index (χ1v) is 14.8. The molecule has 0 aliphatic heterocycles. The fourth-order valence-electron chi connectivity index (χ4n) is 5.37. The Morgan fingerprint density at radius 1 is 0.619 bits per heavy atom. The zero-order valence-corrected chi connectivity index (χ0v) is 24.4. The minimum Gasteiger partial charge on any atom is -0.504 e. The van der Waals surface area contributed by atoms with Gasteiger partial charge in [-0.1, -0.05) is 109 Å². The average Bonchev–Trinajstić information content (AvgIpc) is 3.04. The van der Waals surface area contributed by atoms with Crippen LogP contribution in [0.1, 0.15) is 44.8 Å². The Balaban J connectivity index is 1.47. The molecule has 0 unspecified atom stereocenters. The summed E-state index contributed by atoms with van der Waals surface area (Å²) >= 11 is 0. The number of allylic oxidation sites excluding steroid dienone is 1. The van der Waals surface area contributed by atoms with Crippen LogP contribution in [-0.2, 0) is 44.9 Å².